The number of amides is 1. The van der Waals surface area contributed by atoms with E-state index in [2.05, 4.69) is 25.7 Å². The van der Waals surface area contributed by atoms with Gasteiger partial charge in [0.1, 0.15) is 12.1 Å². The summed E-state index contributed by atoms with van der Waals surface area (Å²) in [7, 11) is 0. The zero-order valence-corrected chi connectivity index (χ0v) is 11.8. The number of non-ortho nitro benzene ring substituents is 1. The van der Waals surface area contributed by atoms with Crippen molar-refractivity contribution in [1.82, 2.24) is 20.6 Å². The molecule has 0 bridgehead atoms. The van der Waals surface area contributed by atoms with Gasteiger partial charge in [0, 0.05) is 17.7 Å². The van der Waals surface area contributed by atoms with Crippen LogP contribution in [-0.4, -0.2) is 43.1 Å². The Bertz CT molecular complexity index is 703. The van der Waals surface area contributed by atoms with Crippen molar-refractivity contribution < 1.29 is 14.8 Å². The minimum Gasteiger partial charge on any atom is -0.507 e. The highest BCUT2D eigenvalue weighted by Gasteiger charge is 2.09. The number of nitro benzene ring substituents is 1. The first-order valence-electron chi connectivity index (χ1n) is 5.83. The van der Waals surface area contributed by atoms with Gasteiger partial charge >= 0.3 is 0 Å². The maximum absolute atomic E-state index is 11.5. The fourth-order valence-electron chi connectivity index (χ4n) is 1.36. The molecule has 11 heteroatoms. The van der Waals surface area contributed by atoms with E-state index in [0.717, 1.165) is 24.0 Å². The molecule has 0 saturated heterocycles. The second-order valence-corrected chi connectivity index (χ2v) is 4.84. The van der Waals surface area contributed by atoms with Gasteiger partial charge in [-0.25, -0.2) is 10.4 Å². The Morgan fingerprint density at radius 2 is 2.41 bits per heavy atom. The highest BCUT2D eigenvalue weighted by Crippen LogP contribution is 2.21. The number of phenols is 1. The summed E-state index contributed by atoms with van der Waals surface area (Å²) in [4.78, 5) is 25.4. The minimum absolute atomic E-state index is 0.0629. The molecule has 10 nitrogen and oxygen atoms in total. The number of rotatable bonds is 6. The predicted molar refractivity (Wildman–Crippen MR) is 77.6 cm³/mol. The van der Waals surface area contributed by atoms with Crippen LogP contribution in [0.1, 0.15) is 5.56 Å². The van der Waals surface area contributed by atoms with E-state index in [1.54, 1.807) is 0 Å². The normalized spacial score (nSPS) is 10.7. The minimum atomic E-state index is -0.594. The molecule has 1 aromatic heterocycles. The molecule has 0 atom stereocenters. The Balaban J connectivity index is 1.90. The van der Waals surface area contributed by atoms with E-state index in [0.29, 0.717) is 5.16 Å². The maximum Gasteiger partial charge on any atom is 0.270 e. The van der Waals surface area contributed by atoms with Crippen molar-refractivity contribution in [2.45, 2.75) is 5.16 Å². The number of aromatic amines is 1. The number of hydrogen-bond donors (Lipinski definition) is 3. The number of aromatic hydroxyl groups is 1. The molecular weight excluding hydrogens is 312 g/mol. The number of nitro groups is 1. The first kappa shape index (κ1) is 15.4. The van der Waals surface area contributed by atoms with Gasteiger partial charge in [-0.15, -0.1) is 0 Å². The van der Waals surface area contributed by atoms with Crippen LogP contribution in [0.3, 0.4) is 0 Å². The average molecular weight is 322 g/mol. The third-order valence-electron chi connectivity index (χ3n) is 2.35. The molecule has 0 radical (unpaired) electrons. The maximum atomic E-state index is 11.5. The van der Waals surface area contributed by atoms with Gasteiger partial charge in [-0.3, -0.25) is 20.0 Å². The van der Waals surface area contributed by atoms with Crippen molar-refractivity contribution in [1.29, 1.82) is 0 Å². The Labute approximate surface area is 127 Å². The molecule has 0 spiro atoms. The number of nitrogens with one attached hydrogen (secondary N) is 2. The average Bonchev–Trinajstić information content (AvgIpc) is 3.00. The van der Waals surface area contributed by atoms with Crippen molar-refractivity contribution in [2.75, 3.05) is 5.75 Å². The summed E-state index contributed by atoms with van der Waals surface area (Å²) >= 11 is 1.14. The number of hydrazone groups is 1. The van der Waals surface area contributed by atoms with Crippen molar-refractivity contribution >= 4 is 29.6 Å². The van der Waals surface area contributed by atoms with E-state index >= 15 is 0 Å². The van der Waals surface area contributed by atoms with Crippen LogP contribution >= 0.6 is 11.8 Å². The van der Waals surface area contributed by atoms with Crippen LogP contribution in [0.4, 0.5) is 5.69 Å². The SMILES string of the molecule is O=C(CSc1ncn[nH]1)NN=Cc1cc([N+](=O)[O-])ccc1O. The van der Waals surface area contributed by atoms with Crippen LogP contribution in [0.5, 0.6) is 5.75 Å². The zero-order chi connectivity index (χ0) is 15.9. The van der Waals surface area contributed by atoms with E-state index in [1.165, 1.54) is 18.5 Å². The standard InChI is InChI=1S/C11H10N6O4S/c18-9-2-1-8(17(20)21)3-7(9)4-13-15-10(19)5-22-11-12-6-14-16-11/h1-4,6,18H,5H2,(H,15,19)(H,12,14,16). The monoisotopic (exact) mass is 322 g/mol. The Hall–Kier alpha value is -2.95. The molecule has 0 aliphatic rings. The lowest BCUT2D eigenvalue weighted by Gasteiger charge is -2.00. The fourth-order valence-corrected chi connectivity index (χ4v) is 1.93. The molecule has 0 fully saturated rings. The number of nitrogens with zero attached hydrogens (tertiary/aromatic N) is 4. The van der Waals surface area contributed by atoms with Crippen LogP contribution in [0.2, 0.25) is 0 Å². The lowest BCUT2D eigenvalue weighted by molar-refractivity contribution is -0.384. The highest BCUT2D eigenvalue weighted by atomic mass is 32.2. The first-order valence-corrected chi connectivity index (χ1v) is 6.82. The van der Waals surface area contributed by atoms with Gasteiger partial charge in [0.15, 0.2) is 5.16 Å². The smallest absolute Gasteiger partial charge is 0.270 e. The summed E-state index contributed by atoms with van der Waals surface area (Å²) in [5.74, 6) is -0.518. The van der Waals surface area contributed by atoms with Crippen molar-refractivity contribution in [3.63, 3.8) is 0 Å². The summed E-state index contributed by atoms with van der Waals surface area (Å²) in [6.45, 7) is 0. The Kier molecular flexibility index (Phi) is 5.03. The molecule has 114 valence electrons. The van der Waals surface area contributed by atoms with E-state index in [1.807, 2.05) is 0 Å². The number of phenolic OH excluding ortho intramolecular Hbond substituents is 1. The molecule has 3 N–H and O–H groups in total. The molecule has 1 heterocycles. The number of carbonyl (C=O) groups excluding carboxylic acids is 1. The highest BCUT2D eigenvalue weighted by molar-refractivity contribution is 7.99. The third-order valence-corrected chi connectivity index (χ3v) is 3.22. The zero-order valence-electron chi connectivity index (χ0n) is 11.0. The van der Waals surface area contributed by atoms with Crippen molar-refractivity contribution in [3.05, 3.63) is 40.2 Å². The van der Waals surface area contributed by atoms with Crippen LogP contribution in [0.25, 0.3) is 0 Å². The Morgan fingerprint density at radius 3 is 3.09 bits per heavy atom. The van der Waals surface area contributed by atoms with Gasteiger partial charge in [0.25, 0.3) is 11.6 Å². The molecule has 0 unspecified atom stereocenters. The lowest BCUT2D eigenvalue weighted by atomic mass is 10.2. The summed E-state index contributed by atoms with van der Waals surface area (Å²) in [5.41, 5.74) is 2.17. The number of H-pyrrole nitrogens is 1. The molecule has 2 aromatic rings. The van der Waals surface area contributed by atoms with Crippen LogP contribution in [0, 0.1) is 10.1 Å². The van der Waals surface area contributed by atoms with Gasteiger partial charge in [-0.2, -0.15) is 10.2 Å². The predicted octanol–water partition coefficient (Wildman–Crippen LogP) is 0.661. The van der Waals surface area contributed by atoms with E-state index in [4.69, 9.17) is 0 Å². The number of aromatic nitrogens is 3. The van der Waals surface area contributed by atoms with Gasteiger partial charge in [0.05, 0.1) is 16.9 Å². The molecule has 0 aliphatic heterocycles. The summed E-state index contributed by atoms with van der Waals surface area (Å²) in [6, 6.07) is 3.49. The van der Waals surface area contributed by atoms with Gasteiger partial charge in [0.2, 0.25) is 0 Å². The summed E-state index contributed by atoms with van der Waals surface area (Å²) in [5, 5.41) is 30.5. The Morgan fingerprint density at radius 1 is 1.59 bits per heavy atom. The van der Waals surface area contributed by atoms with E-state index < -0.39 is 10.8 Å². The van der Waals surface area contributed by atoms with Crippen molar-refractivity contribution in [3.8, 4) is 5.75 Å². The molecular formula is C11H10N6O4S. The molecule has 1 aromatic carbocycles. The number of thioether (sulfide) groups is 1. The molecule has 1 amide bonds. The van der Waals surface area contributed by atoms with E-state index in [-0.39, 0.29) is 22.8 Å². The van der Waals surface area contributed by atoms with Crippen molar-refractivity contribution in [2.24, 2.45) is 5.10 Å². The molecule has 0 saturated carbocycles. The van der Waals surface area contributed by atoms with Crippen LogP contribution in [0.15, 0.2) is 34.8 Å². The first-order chi connectivity index (χ1) is 10.6. The third kappa shape index (κ3) is 4.28. The number of carbonyl (C=O) groups is 1. The van der Waals surface area contributed by atoms with Crippen LogP contribution < -0.4 is 5.43 Å². The van der Waals surface area contributed by atoms with Gasteiger partial charge in [-0.1, -0.05) is 11.8 Å². The topological polar surface area (TPSA) is 146 Å². The lowest BCUT2D eigenvalue weighted by Crippen LogP contribution is -2.19. The van der Waals surface area contributed by atoms with Crippen LogP contribution in [-0.2, 0) is 4.79 Å². The fraction of sp³-hybridized carbons (Fsp3) is 0.0909. The van der Waals surface area contributed by atoms with Gasteiger partial charge < -0.3 is 5.11 Å². The largest absolute Gasteiger partial charge is 0.507 e. The molecule has 22 heavy (non-hydrogen) atoms. The van der Waals surface area contributed by atoms with E-state index in [9.17, 15) is 20.0 Å². The quantitative estimate of drug-likeness (QED) is 0.306. The molecule has 0 aliphatic carbocycles. The molecule has 2 rings (SSSR count). The second kappa shape index (κ2) is 7.17. The second-order valence-electron chi connectivity index (χ2n) is 3.87. The summed E-state index contributed by atoms with van der Waals surface area (Å²) in [6.07, 6.45) is 2.45. The number of hydrogen-bond acceptors (Lipinski definition) is 8. The summed E-state index contributed by atoms with van der Waals surface area (Å²) < 4.78 is 0. The van der Waals surface area contributed by atoms with Gasteiger partial charge in [-0.05, 0) is 6.07 Å². The number of benzene rings is 1.